The Kier molecular flexibility index (Phi) is 7.58. The zero-order valence-corrected chi connectivity index (χ0v) is 13.6. The van der Waals surface area contributed by atoms with E-state index in [4.69, 9.17) is 0 Å². The second kappa shape index (κ2) is 8.94. The van der Waals surface area contributed by atoms with Crippen molar-refractivity contribution in [1.29, 1.82) is 0 Å². The third-order valence-corrected chi connectivity index (χ3v) is 4.23. The number of carbonyl (C=O) groups is 1. The van der Waals surface area contributed by atoms with Gasteiger partial charge < -0.3 is 4.79 Å². The van der Waals surface area contributed by atoms with Gasteiger partial charge in [0, 0.05) is 5.92 Å². The highest BCUT2D eigenvalue weighted by Crippen LogP contribution is 2.30. The molecular weight excluding hydrogens is 244 g/mol. The highest BCUT2D eigenvalue weighted by Gasteiger charge is 2.21. The van der Waals surface area contributed by atoms with Crippen LogP contribution in [0.1, 0.15) is 66.2 Å². The van der Waals surface area contributed by atoms with E-state index in [1.54, 1.807) is 0 Å². The third kappa shape index (κ3) is 6.36. The monoisotopic (exact) mass is 274 g/mol. The molecule has 0 saturated heterocycles. The highest BCUT2D eigenvalue weighted by atomic mass is 16.1. The Morgan fingerprint density at radius 2 is 2.00 bits per heavy atom. The second-order valence-corrected chi connectivity index (χ2v) is 6.49. The number of hydrogen-bond donors (Lipinski definition) is 0. The van der Waals surface area contributed by atoms with E-state index in [0.717, 1.165) is 44.8 Å². The topological polar surface area (TPSA) is 17.1 Å². The van der Waals surface area contributed by atoms with Gasteiger partial charge in [-0.3, -0.25) is 0 Å². The summed E-state index contributed by atoms with van der Waals surface area (Å²) in [5.41, 5.74) is 4.37. The van der Waals surface area contributed by atoms with Gasteiger partial charge in [-0.2, -0.15) is 0 Å². The van der Waals surface area contributed by atoms with Gasteiger partial charge in [-0.15, -0.1) is 0 Å². The summed E-state index contributed by atoms with van der Waals surface area (Å²) in [6, 6.07) is 0. The van der Waals surface area contributed by atoms with E-state index in [9.17, 15) is 4.79 Å². The minimum absolute atomic E-state index is 0.248. The number of allylic oxidation sites excluding steroid dienone is 6. The third-order valence-electron chi connectivity index (χ3n) is 4.23. The first-order valence-corrected chi connectivity index (χ1v) is 7.95. The number of aldehydes is 1. The minimum atomic E-state index is 0.248. The van der Waals surface area contributed by atoms with Crippen molar-refractivity contribution >= 4 is 6.29 Å². The molecule has 2 unspecified atom stereocenters. The van der Waals surface area contributed by atoms with Crippen molar-refractivity contribution in [2.75, 3.05) is 0 Å². The van der Waals surface area contributed by atoms with Crippen LogP contribution in [-0.2, 0) is 4.79 Å². The van der Waals surface area contributed by atoms with E-state index in [2.05, 4.69) is 45.9 Å². The maximum atomic E-state index is 11.0. The molecule has 0 spiro atoms. The quantitative estimate of drug-likeness (QED) is 0.434. The molecule has 0 bridgehead atoms. The predicted molar refractivity (Wildman–Crippen MR) is 87.7 cm³/mol. The van der Waals surface area contributed by atoms with Crippen molar-refractivity contribution in [3.8, 4) is 0 Å². The lowest BCUT2D eigenvalue weighted by Gasteiger charge is -2.24. The van der Waals surface area contributed by atoms with Gasteiger partial charge in [0.05, 0.1) is 0 Å². The predicted octanol–water partition coefficient (Wildman–Crippen LogP) is 5.63. The SMILES string of the molecule is CC(C)=CCC/C(C)=C/CCC1=CCC(C)C(C=O)C1. The Labute approximate surface area is 124 Å². The summed E-state index contributed by atoms with van der Waals surface area (Å²) in [5, 5.41) is 0. The molecule has 0 fully saturated rings. The number of hydrogen-bond acceptors (Lipinski definition) is 1. The van der Waals surface area contributed by atoms with E-state index in [1.165, 1.54) is 16.7 Å². The maximum Gasteiger partial charge on any atom is 0.123 e. The van der Waals surface area contributed by atoms with Crippen LogP contribution in [0.4, 0.5) is 0 Å². The van der Waals surface area contributed by atoms with Crippen molar-refractivity contribution in [2.45, 2.75) is 66.2 Å². The van der Waals surface area contributed by atoms with E-state index < -0.39 is 0 Å². The summed E-state index contributed by atoms with van der Waals surface area (Å²) < 4.78 is 0. The molecule has 0 aromatic heterocycles. The van der Waals surface area contributed by atoms with Gasteiger partial charge in [0.2, 0.25) is 0 Å². The smallest absolute Gasteiger partial charge is 0.123 e. The van der Waals surface area contributed by atoms with Gasteiger partial charge in [0.15, 0.2) is 0 Å². The summed E-state index contributed by atoms with van der Waals surface area (Å²) in [5.74, 6) is 0.773. The highest BCUT2D eigenvalue weighted by molar-refractivity contribution is 5.55. The average molecular weight is 274 g/mol. The molecule has 0 aromatic carbocycles. The first-order chi connectivity index (χ1) is 9.52. The molecule has 0 saturated carbocycles. The molecule has 1 aliphatic carbocycles. The molecule has 1 nitrogen and oxygen atoms in total. The molecule has 1 rings (SSSR count). The summed E-state index contributed by atoms with van der Waals surface area (Å²) in [7, 11) is 0. The molecule has 112 valence electrons. The van der Waals surface area contributed by atoms with Crippen LogP contribution >= 0.6 is 0 Å². The molecule has 0 radical (unpaired) electrons. The van der Waals surface area contributed by atoms with E-state index >= 15 is 0 Å². The zero-order valence-electron chi connectivity index (χ0n) is 13.6. The fourth-order valence-electron chi connectivity index (χ4n) is 2.70. The molecular formula is C19H30O. The molecule has 20 heavy (non-hydrogen) atoms. The summed E-state index contributed by atoms with van der Waals surface area (Å²) in [4.78, 5) is 11.0. The van der Waals surface area contributed by atoms with Crippen LogP contribution in [0.15, 0.2) is 34.9 Å². The lowest BCUT2D eigenvalue weighted by molar-refractivity contribution is -0.112. The first-order valence-electron chi connectivity index (χ1n) is 7.95. The summed E-state index contributed by atoms with van der Waals surface area (Å²) in [6.45, 7) is 8.71. The molecule has 0 amide bonds. The standard InChI is InChI=1S/C19H30O/c1-15(2)7-5-8-16(3)9-6-10-18-12-11-17(4)19(13-18)14-20/h7,9,12,14,17,19H,5-6,8,10-11,13H2,1-4H3/b16-9+. The van der Waals surface area contributed by atoms with Crippen LogP contribution in [0.25, 0.3) is 0 Å². The molecule has 1 aliphatic rings. The average Bonchev–Trinajstić information content (AvgIpc) is 2.40. The van der Waals surface area contributed by atoms with Crippen LogP contribution in [-0.4, -0.2) is 6.29 Å². The lowest BCUT2D eigenvalue weighted by atomic mass is 9.80. The molecule has 0 aliphatic heterocycles. The molecule has 1 heteroatoms. The second-order valence-electron chi connectivity index (χ2n) is 6.49. The van der Waals surface area contributed by atoms with Crippen LogP contribution in [0.3, 0.4) is 0 Å². The van der Waals surface area contributed by atoms with Crippen LogP contribution in [0, 0.1) is 11.8 Å². The normalized spacial score (nSPS) is 23.2. The fourth-order valence-corrected chi connectivity index (χ4v) is 2.70. The summed E-state index contributed by atoms with van der Waals surface area (Å²) >= 11 is 0. The molecule has 0 heterocycles. The molecule has 0 N–H and O–H groups in total. The van der Waals surface area contributed by atoms with Gasteiger partial charge in [0.1, 0.15) is 6.29 Å². The Balaban J connectivity index is 2.33. The Bertz CT molecular complexity index is 394. The van der Waals surface area contributed by atoms with Gasteiger partial charge in [0.25, 0.3) is 0 Å². The zero-order chi connectivity index (χ0) is 15.0. The van der Waals surface area contributed by atoms with Crippen LogP contribution in [0.5, 0.6) is 0 Å². The van der Waals surface area contributed by atoms with Crippen molar-refractivity contribution in [3.05, 3.63) is 34.9 Å². The van der Waals surface area contributed by atoms with Gasteiger partial charge in [-0.05, 0) is 65.2 Å². The number of carbonyl (C=O) groups excluding carboxylic acids is 1. The fraction of sp³-hybridized carbons (Fsp3) is 0.632. The van der Waals surface area contributed by atoms with E-state index in [-0.39, 0.29) is 5.92 Å². The lowest BCUT2D eigenvalue weighted by Crippen LogP contribution is -2.17. The van der Waals surface area contributed by atoms with Crippen molar-refractivity contribution in [2.24, 2.45) is 11.8 Å². The Hall–Kier alpha value is -1.11. The van der Waals surface area contributed by atoms with Gasteiger partial charge in [-0.25, -0.2) is 0 Å². The molecule has 0 aromatic rings. The van der Waals surface area contributed by atoms with Crippen molar-refractivity contribution < 1.29 is 4.79 Å². The number of rotatable bonds is 7. The largest absolute Gasteiger partial charge is 0.303 e. The maximum absolute atomic E-state index is 11.0. The van der Waals surface area contributed by atoms with Crippen LogP contribution in [0.2, 0.25) is 0 Å². The van der Waals surface area contributed by atoms with Crippen molar-refractivity contribution in [1.82, 2.24) is 0 Å². The molecule has 2 atom stereocenters. The Morgan fingerprint density at radius 3 is 2.65 bits per heavy atom. The first kappa shape index (κ1) is 16.9. The van der Waals surface area contributed by atoms with E-state index in [1.807, 2.05) is 0 Å². The summed E-state index contributed by atoms with van der Waals surface area (Å²) in [6.07, 6.45) is 14.8. The van der Waals surface area contributed by atoms with Crippen LogP contribution < -0.4 is 0 Å². The Morgan fingerprint density at radius 1 is 1.25 bits per heavy atom. The minimum Gasteiger partial charge on any atom is -0.303 e. The van der Waals surface area contributed by atoms with Crippen molar-refractivity contribution in [3.63, 3.8) is 0 Å². The van der Waals surface area contributed by atoms with E-state index in [0.29, 0.717) is 5.92 Å². The van der Waals surface area contributed by atoms with Gasteiger partial charge >= 0.3 is 0 Å². The van der Waals surface area contributed by atoms with Gasteiger partial charge in [-0.1, -0.05) is 41.9 Å².